The number of benzene rings is 2. The van der Waals surface area contributed by atoms with Gasteiger partial charge >= 0.3 is 0 Å². The zero-order chi connectivity index (χ0) is 14.8. The number of hydrogen-bond acceptors (Lipinski definition) is 5. The predicted molar refractivity (Wildman–Crippen MR) is 74.5 cm³/mol. The molecule has 0 saturated heterocycles. The van der Waals surface area contributed by atoms with Gasteiger partial charge in [-0.2, -0.15) is 0 Å². The number of non-ortho nitro benzene ring substituents is 1. The van der Waals surface area contributed by atoms with E-state index in [2.05, 4.69) is 5.32 Å². The molecule has 2 rings (SSSR count). The van der Waals surface area contributed by atoms with Crippen LogP contribution in [0.1, 0.15) is 0 Å². The minimum atomic E-state index is -3.80. The molecule has 0 aliphatic carbocycles. The highest BCUT2D eigenvalue weighted by Crippen LogP contribution is 2.30. The Hall–Kier alpha value is -2.41. The second-order valence-electron chi connectivity index (χ2n) is 4.00. The predicted octanol–water partition coefficient (Wildman–Crippen LogP) is 2.47. The Morgan fingerprint density at radius 3 is 2.30 bits per heavy atom. The largest absolute Gasteiger partial charge is 0.387 e. The number of hydrogen-bond donors (Lipinski definition) is 1. The Labute approximate surface area is 116 Å². The number of nitrogens with zero attached hydrogens (tertiary/aromatic N) is 1. The summed E-state index contributed by atoms with van der Waals surface area (Å²) >= 11 is 0. The summed E-state index contributed by atoms with van der Waals surface area (Å²) in [6, 6.07) is 11.5. The lowest BCUT2D eigenvalue weighted by Crippen LogP contribution is -2.06. The molecule has 20 heavy (non-hydrogen) atoms. The van der Waals surface area contributed by atoms with Crippen molar-refractivity contribution in [1.82, 2.24) is 0 Å². The van der Waals surface area contributed by atoms with Crippen molar-refractivity contribution < 1.29 is 13.3 Å². The molecule has 7 heteroatoms. The van der Waals surface area contributed by atoms with Crippen molar-refractivity contribution >= 4 is 21.2 Å². The zero-order valence-electron chi connectivity index (χ0n) is 10.6. The van der Waals surface area contributed by atoms with E-state index in [0.717, 1.165) is 6.07 Å². The molecule has 0 aliphatic rings. The molecular weight excluding hydrogens is 280 g/mol. The SMILES string of the molecule is CNc1ccc([N+](=O)[O-])cc1S(=O)(=O)c1ccccc1. The summed E-state index contributed by atoms with van der Waals surface area (Å²) in [4.78, 5) is 10.2. The van der Waals surface area contributed by atoms with Crippen molar-refractivity contribution in [3.8, 4) is 0 Å². The molecule has 0 unspecified atom stereocenters. The van der Waals surface area contributed by atoms with E-state index < -0.39 is 14.8 Å². The lowest BCUT2D eigenvalue weighted by Gasteiger charge is -2.10. The summed E-state index contributed by atoms with van der Waals surface area (Å²) < 4.78 is 25.1. The molecular formula is C13H12N2O4S. The molecule has 1 N–H and O–H groups in total. The molecule has 0 heterocycles. The van der Waals surface area contributed by atoms with Crippen LogP contribution in [0.4, 0.5) is 11.4 Å². The van der Waals surface area contributed by atoms with E-state index in [9.17, 15) is 18.5 Å². The number of rotatable bonds is 4. The van der Waals surface area contributed by atoms with Gasteiger partial charge in [-0.3, -0.25) is 10.1 Å². The Balaban J connectivity index is 2.67. The minimum absolute atomic E-state index is 0.0944. The van der Waals surface area contributed by atoms with Crippen LogP contribution in [0.25, 0.3) is 0 Å². The van der Waals surface area contributed by atoms with Crippen LogP contribution in [0.3, 0.4) is 0 Å². The lowest BCUT2D eigenvalue weighted by atomic mass is 10.3. The molecule has 2 aromatic rings. The van der Waals surface area contributed by atoms with Crippen LogP contribution in [-0.2, 0) is 9.84 Å². The van der Waals surface area contributed by atoms with Gasteiger partial charge < -0.3 is 5.32 Å². The van der Waals surface area contributed by atoms with Gasteiger partial charge in [-0.15, -0.1) is 0 Å². The molecule has 0 aromatic heterocycles. The highest BCUT2D eigenvalue weighted by molar-refractivity contribution is 7.91. The molecule has 2 aromatic carbocycles. The van der Waals surface area contributed by atoms with Crippen molar-refractivity contribution in [2.24, 2.45) is 0 Å². The van der Waals surface area contributed by atoms with Crippen LogP contribution in [0, 0.1) is 10.1 Å². The number of nitrogens with one attached hydrogen (secondary N) is 1. The smallest absolute Gasteiger partial charge is 0.270 e. The van der Waals surface area contributed by atoms with Gasteiger partial charge in [0.05, 0.1) is 15.5 Å². The summed E-state index contributed by atoms with van der Waals surface area (Å²) in [5.74, 6) is 0. The Morgan fingerprint density at radius 1 is 1.10 bits per heavy atom. The summed E-state index contributed by atoms with van der Waals surface area (Å²) in [6.45, 7) is 0. The van der Waals surface area contributed by atoms with E-state index in [4.69, 9.17) is 0 Å². The van der Waals surface area contributed by atoms with E-state index in [1.165, 1.54) is 24.3 Å². The first-order chi connectivity index (χ1) is 9.46. The van der Waals surface area contributed by atoms with Crippen LogP contribution < -0.4 is 5.32 Å². The molecule has 104 valence electrons. The molecule has 0 saturated carbocycles. The van der Waals surface area contributed by atoms with Gasteiger partial charge in [-0.05, 0) is 18.2 Å². The highest BCUT2D eigenvalue weighted by atomic mass is 32.2. The van der Waals surface area contributed by atoms with Gasteiger partial charge in [0.15, 0.2) is 0 Å². The summed E-state index contributed by atoms with van der Waals surface area (Å²) in [6.07, 6.45) is 0. The summed E-state index contributed by atoms with van der Waals surface area (Å²) in [7, 11) is -2.24. The van der Waals surface area contributed by atoms with Crippen molar-refractivity contribution in [1.29, 1.82) is 0 Å². The first kappa shape index (κ1) is 14.0. The second-order valence-corrected chi connectivity index (χ2v) is 5.92. The summed E-state index contributed by atoms with van der Waals surface area (Å²) in [5.41, 5.74) is 0.0537. The maximum atomic E-state index is 12.5. The maximum Gasteiger partial charge on any atom is 0.270 e. The molecule has 0 aliphatic heterocycles. The van der Waals surface area contributed by atoms with Crippen LogP contribution in [-0.4, -0.2) is 20.4 Å². The molecule has 0 amide bonds. The van der Waals surface area contributed by atoms with E-state index in [0.29, 0.717) is 5.69 Å². The lowest BCUT2D eigenvalue weighted by molar-refractivity contribution is -0.385. The minimum Gasteiger partial charge on any atom is -0.387 e. The Morgan fingerprint density at radius 2 is 1.75 bits per heavy atom. The van der Waals surface area contributed by atoms with E-state index >= 15 is 0 Å². The number of nitro benzene ring substituents is 1. The van der Waals surface area contributed by atoms with Crippen LogP contribution in [0.15, 0.2) is 58.3 Å². The normalized spacial score (nSPS) is 11.1. The quantitative estimate of drug-likeness (QED) is 0.690. The molecule has 0 fully saturated rings. The standard InChI is InChI=1S/C13H12N2O4S/c1-14-12-8-7-10(15(16)17)9-13(12)20(18,19)11-5-3-2-4-6-11/h2-9,14H,1H3. The summed E-state index contributed by atoms with van der Waals surface area (Å²) in [5, 5.41) is 13.5. The third kappa shape index (κ3) is 2.48. The van der Waals surface area contributed by atoms with Crippen molar-refractivity contribution in [2.45, 2.75) is 9.79 Å². The van der Waals surface area contributed by atoms with Crippen LogP contribution in [0.5, 0.6) is 0 Å². The van der Waals surface area contributed by atoms with Gasteiger partial charge in [0.2, 0.25) is 9.84 Å². The molecule has 0 spiro atoms. The van der Waals surface area contributed by atoms with Gasteiger partial charge in [-0.1, -0.05) is 18.2 Å². The van der Waals surface area contributed by atoms with E-state index in [1.807, 2.05) is 0 Å². The van der Waals surface area contributed by atoms with Crippen molar-refractivity contribution in [2.75, 3.05) is 12.4 Å². The topological polar surface area (TPSA) is 89.3 Å². The van der Waals surface area contributed by atoms with Crippen LogP contribution in [0.2, 0.25) is 0 Å². The molecule has 0 atom stereocenters. The second kappa shape index (κ2) is 5.30. The van der Waals surface area contributed by atoms with E-state index in [-0.39, 0.29) is 15.5 Å². The van der Waals surface area contributed by atoms with Gasteiger partial charge in [-0.25, -0.2) is 8.42 Å². The molecule has 0 radical (unpaired) electrons. The Kier molecular flexibility index (Phi) is 3.71. The molecule has 6 nitrogen and oxygen atoms in total. The fourth-order valence-corrected chi connectivity index (χ4v) is 3.28. The van der Waals surface area contributed by atoms with Crippen molar-refractivity contribution in [3.05, 3.63) is 58.6 Å². The monoisotopic (exact) mass is 292 g/mol. The number of anilines is 1. The zero-order valence-corrected chi connectivity index (χ0v) is 11.4. The third-order valence-corrected chi connectivity index (χ3v) is 4.60. The average molecular weight is 292 g/mol. The maximum absolute atomic E-state index is 12.5. The Bertz CT molecular complexity index is 742. The third-order valence-electron chi connectivity index (χ3n) is 2.79. The van der Waals surface area contributed by atoms with E-state index in [1.54, 1.807) is 25.2 Å². The first-order valence-corrected chi connectivity index (χ1v) is 7.21. The fraction of sp³-hybridized carbons (Fsp3) is 0.0769. The fourth-order valence-electron chi connectivity index (χ4n) is 1.78. The van der Waals surface area contributed by atoms with Crippen molar-refractivity contribution in [3.63, 3.8) is 0 Å². The van der Waals surface area contributed by atoms with Gasteiger partial charge in [0.1, 0.15) is 4.90 Å². The number of sulfone groups is 1. The first-order valence-electron chi connectivity index (χ1n) is 5.73. The highest BCUT2D eigenvalue weighted by Gasteiger charge is 2.23. The molecule has 0 bridgehead atoms. The van der Waals surface area contributed by atoms with Crippen LogP contribution >= 0.6 is 0 Å². The number of nitro groups is 1. The average Bonchev–Trinajstić information content (AvgIpc) is 2.47. The van der Waals surface area contributed by atoms with Gasteiger partial charge in [0.25, 0.3) is 5.69 Å². The van der Waals surface area contributed by atoms with Gasteiger partial charge in [0, 0.05) is 19.2 Å².